The molecular weight excluding hydrogens is 340 g/mol. The van der Waals surface area contributed by atoms with Crippen LogP contribution in [-0.2, 0) is 16.4 Å². The number of sulfonamides is 1. The predicted octanol–water partition coefficient (Wildman–Crippen LogP) is 2.78. The van der Waals surface area contributed by atoms with Gasteiger partial charge in [0.1, 0.15) is 4.90 Å². The van der Waals surface area contributed by atoms with E-state index in [1.807, 2.05) is 6.07 Å². The highest BCUT2D eigenvalue weighted by Crippen LogP contribution is 2.35. The number of nitrogens with zero attached hydrogens (tertiary/aromatic N) is 1. The van der Waals surface area contributed by atoms with Crippen molar-refractivity contribution in [2.24, 2.45) is 0 Å². The van der Waals surface area contributed by atoms with Crippen molar-refractivity contribution in [3.05, 3.63) is 52.5 Å². The van der Waals surface area contributed by atoms with Crippen LogP contribution in [0.1, 0.15) is 5.56 Å². The first-order valence-corrected chi connectivity index (χ1v) is 8.39. The van der Waals surface area contributed by atoms with Crippen LogP contribution in [0, 0.1) is 0 Å². The van der Waals surface area contributed by atoms with Gasteiger partial charge >= 0.3 is 0 Å². The fraction of sp³-hybridized carbons (Fsp3) is 0.143. The van der Waals surface area contributed by atoms with Crippen LogP contribution < -0.4 is 10.0 Å². The van der Waals surface area contributed by atoms with Gasteiger partial charge in [0.05, 0.1) is 5.69 Å². The molecule has 4 nitrogen and oxygen atoms in total. The lowest BCUT2D eigenvalue weighted by molar-refractivity contribution is 0.592. The number of rotatable bonds is 2. The molecule has 1 aliphatic heterocycles. The minimum absolute atomic E-state index is 0.273. The van der Waals surface area contributed by atoms with Crippen LogP contribution in [0.2, 0.25) is 0 Å². The number of fused-ring (bicyclic) bond motifs is 1. The fourth-order valence-electron chi connectivity index (χ4n) is 2.39. The highest BCUT2D eigenvalue weighted by molar-refractivity contribution is 9.10. The molecule has 0 saturated carbocycles. The number of hydrogen-bond acceptors (Lipinski definition) is 3. The van der Waals surface area contributed by atoms with Crippen molar-refractivity contribution in [3.63, 3.8) is 0 Å². The maximum Gasteiger partial charge on any atom is 0.265 e. The van der Waals surface area contributed by atoms with E-state index in [-0.39, 0.29) is 4.90 Å². The molecule has 104 valence electrons. The first kappa shape index (κ1) is 13.5. The van der Waals surface area contributed by atoms with Gasteiger partial charge in [-0.3, -0.25) is 4.31 Å². The summed E-state index contributed by atoms with van der Waals surface area (Å²) in [5.41, 5.74) is 8.03. The van der Waals surface area contributed by atoms with Crippen LogP contribution in [0.5, 0.6) is 0 Å². The van der Waals surface area contributed by atoms with Crippen LogP contribution in [0.25, 0.3) is 0 Å². The molecule has 0 amide bonds. The lowest BCUT2D eigenvalue weighted by Gasteiger charge is -2.20. The van der Waals surface area contributed by atoms with Crippen LogP contribution >= 0.6 is 15.9 Å². The van der Waals surface area contributed by atoms with Gasteiger partial charge in [0.2, 0.25) is 0 Å². The third-order valence-corrected chi connectivity index (χ3v) is 6.19. The molecule has 0 fully saturated rings. The van der Waals surface area contributed by atoms with E-state index in [1.165, 1.54) is 4.31 Å². The SMILES string of the molecule is Nc1ccc2c(c1)N(S(=O)(=O)c1ccccc1Br)CC2. The fourth-order valence-corrected chi connectivity index (χ4v) is 4.85. The molecule has 1 aliphatic rings. The first-order chi connectivity index (χ1) is 9.50. The van der Waals surface area contributed by atoms with Crippen molar-refractivity contribution >= 4 is 37.3 Å². The van der Waals surface area contributed by atoms with Gasteiger partial charge in [0.25, 0.3) is 10.0 Å². The van der Waals surface area contributed by atoms with E-state index in [1.54, 1.807) is 36.4 Å². The lowest BCUT2D eigenvalue weighted by atomic mass is 10.1. The summed E-state index contributed by atoms with van der Waals surface area (Å²) in [6.07, 6.45) is 0.708. The van der Waals surface area contributed by atoms with Gasteiger partial charge in [-0.15, -0.1) is 0 Å². The molecule has 6 heteroatoms. The third-order valence-electron chi connectivity index (χ3n) is 3.37. The molecule has 2 aromatic carbocycles. The lowest BCUT2D eigenvalue weighted by Crippen LogP contribution is -2.29. The number of benzene rings is 2. The molecule has 20 heavy (non-hydrogen) atoms. The van der Waals surface area contributed by atoms with E-state index < -0.39 is 10.0 Å². The van der Waals surface area contributed by atoms with Gasteiger partial charge in [0.15, 0.2) is 0 Å². The van der Waals surface area contributed by atoms with Crippen LogP contribution in [0.15, 0.2) is 51.8 Å². The van der Waals surface area contributed by atoms with Gasteiger partial charge < -0.3 is 5.73 Å². The molecule has 0 atom stereocenters. The van der Waals surface area contributed by atoms with Crippen molar-refractivity contribution in [3.8, 4) is 0 Å². The maximum atomic E-state index is 12.8. The highest BCUT2D eigenvalue weighted by Gasteiger charge is 2.31. The Morgan fingerprint density at radius 3 is 2.65 bits per heavy atom. The number of anilines is 2. The second-order valence-corrected chi connectivity index (χ2v) is 7.33. The summed E-state index contributed by atoms with van der Waals surface area (Å²) in [5, 5.41) is 0. The molecule has 2 aromatic rings. The van der Waals surface area contributed by atoms with Gasteiger partial charge in [-0.05, 0) is 52.2 Å². The monoisotopic (exact) mass is 352 g/mol. The minimum atomic E-state index is -3.57. The Labute approximate surface area is 126 Å². The van der Waals surface area contributed by atoms with E-state index >= 15 is 0 Å². The Kier molecular flexibility index (Phi) is 3.22. The standard InChI is InChI=1S/C14H13BrN2O2S/c15-12-3-1-2-4-14(12)20(18,19)17-8-7-10-5-6-11(16)9-13(10)17/h1-6,9H,7-8,16H2. The summed E-state index contributed by atoms with van der Waals surface area (Å²) < 4.78 is 27.6. The molecule has 1 heterocycles. The zero-order valence-corrected chi connectivity index (χ0v) is 13.0. The van der Waals surface area contributed by atoms with Crippen molar-refractivity contribution < 1.29 is 8.42 Å². The third kappa shape index (κ3) is 2.09. The highest BCUT2D eigenvalue weighted by atomic mass is 79.9. The molecule has 0 radical (unpaired) electrons. The van der Waals surface area contributed by atoms with Crippen molar-refractivity contribution in [1.82, 2.24) is 0 Å². The second-order valence-electron chi connectivity index (χ2n) is 4.65. The van der Waals surface area contributed by atoms with Crippen LogP contribution in [-0.4, -0.2) is 15.0 Å². The largest absolute Gasteiger partial charge is 0.399 e. The van der Waals surface area contributed by atoms with E-state index in [9.17, 15) is 8.42 Å². The normalized spacial score (nSPS) is 14.3. The predicted molar refractivity (Wildman–Crippen MR) is 83.2 cm³/mol. The Bertz CT molecular complexity index is 774. The average molecular weight is 353 g/mol. The van der Waals surface area contributed by atoms with Crippen LogP contribution in [0.3, 0.4) is 0 Å². The summed E-state index contributed by atoms with van der Waals surface area (Å²) in [5.74, 6) is 0. The smallest absolute Gasteiger partial charge is 0.265 e. The number of nitrogen functional groups attached to an aromatic ring is 1. The van der Waals surface area contributed by atoms with E-state index in [2.05, 4.69) is 15.9 Å². The molecule has 3 rings (SSSR count). The average Bonchev–Trinajstić information content (AvgIpc) is 2.82. The molecule has 0 aliphatic carbocycles. The van der Waals surface area contributed by atoms with Crippen molar-refractivity contribution in [2.45, 2.75) is 11.3 Å². The molecule has 2 N–H and O–H groups in total. The topological polar surface area (TPSA) is 63.4 Å². The van der Waals surface area contributed by atoms with E-state index in [0.29, 0.717) is 28.8 Å². The zero-order valence-electron chi connectivity index (χ0n) is 10.6. The summed E-state index contributed by atoms with van der Waals surface area (Å²) in [6.45, 7) is 0.447. The molecular formula is C14H13BrN2O2S. The Balaban J connectivity index is 2.12. The van der Waals surface area contributed by atoms with Crippen LogP contribution in [0.4, 0.5) is 11.4 Å². The van der Waals surface area contributed by atoms with Gasteiger partial charge in [-0.25, -0.2) is 8.42 Å². The van der Waals surface area contributed by atoms with E-state index in [4.69, 9.17) is 5.73 Å². The Hall–Kier alpha value is -1.53. The zero-order chi connectivity index (χ0) is 14.3. The Morgan fingerprint density at radius 1 is 1.15 bits per heavy atom. The number of hydrogen-bond donors (Lipinski definition) is 1. The molecule has 0 unspecified atom stereocenters. The maximum absolute atomic E-state index is 12.8. The first-order valence-electron chi connectivity index (χ1n) is 6.16. The summed E-state index contributed by atoms with van der Waals surface area (Å²) in [7, 11) is -3.57. The van der Waals surface area contributed by atoms with Gasteiger partial charge in [-0.1, -0.05) is 18.2 Å². The summed E-state index contributed by atoms with van der Waals surface area (Å²) >= 11 is 3.30. The molecule has 0 saturated heterocycles. The number of halogens is 1. The second kappa shape index (κ2) is 4.79. The molecule has 0 bridgehead atoms. The number of nitrogens with two attached hydrogens (primary N) is 1. The molecule has 0 spiro atoms. The molecule has 0 aromatic heterocycles. The quantitative estimate of drug-likeness (QED) is 0.845. The summed E-state index contributed by atoms with van der Waals surface area (Å²) in [6, 6.07) is 12.2. The Morgan fingerprint density at radius 2 is 1.90 bits per heavy atom. The van der Waals surface area contributed by atoms with Crippen molar-refractivity contribution in [2.75, 3.05) is 16.6 Å². The van der Waals surface area contributed by atoms with Gasteiger partial charge in [-0.2, -0.15) is 0 Å². The minimum Gasteiger partial charge on any atom is -0.399 e. The summed E-state index contributed by atoms with van der Waals surface area (Å²) in [4.78, 5) is 0.273. The van der Waals surface area contributed by atoms with Gasteiger partial charge in [0, 0.05) is 16.7 Å². The van der Waals surface area contributed by atoms with Crippen molar-refractivity contribution in [1.29, 1.82) is 0 Å². The van der Waals surface area contributed by atoms with E-state index in [0.717, 1.165) is 5.56 Å².